The fourth-order valence-corrected chi connectivity index (χ4v) is 5.80. The molecule has 10 heteroatoms. The highest BCUT2D eigenvalue weighted by Gasteiger charge is 2.33. The summed E-state index contributed by atoms with van der Waals surface area (Å²) in [7, 11) is -3.56. The lowest BCUT2D eigenvalue weighted by molar-refractivity contribution is -0.135. The first kappa shape index (κ1) is 23.4. The summed E-state index contributed by atoms with van der Waals surface area (Å²) in [5.41, 5.74) is -0.109. The molecule has 2 aromatic rings. The Morgan fingerprint density at radius 3 is 2.39 bits per heavy atom. The van der Waals surface area contributed by atoms with Gasteiger partial charge in [0.2, 0.25) is 15.9 Å². The maximum atomic E-state index is 13.9. The molecule has 31 heavy (non-hydrogen) atoms. The average Bonchev–Trinajstić information content (AvgIpc) is 3.28. The Hall–Kier alpha value is -2.30. The summed E-state index contributed by atoms with van der Waals surface area (Å²) in [6.07, 6.45) is 0.949. The zero-order valence-electron chi connectivity index (χ0n) is 17.4. The Balaban J connectivity index is 1.60. The molecule has 2 N–H and O–H groups in total. The molecule has 0 bridgehead atoms. The van der Waals surface area contributed by atoms with Crippen LogP contribution in [0.2, 0.25) is 0 Å². The van der Waals surface area contributed by atoms with Gasteiger partial charge in [-0.1, -0.05) is 32.0 Å². The van der Waals surface area contributed by atoms with Gasteiger partial charge in [-0.3, -0.25) is 9.59 Å². The lowest BCUT2D eigenvalue weighted by Crippen LogP contribution is -2.54. The number of hydrogen-bond donors (Lipinski definition) is 2. The number of sulfonamides is 1. The largest absolute Gasteiger partial charge is 0.341 e. The lowest BCUT2D eigenvalue weighted by Gasteiger charge is -2.35. The summed E-state index contributed by atoms with van der Waals surface area (Å²) < 4.78 is 41.7. The number of rotatable bonds is 7. The molecule has 1 fully saturated rings. The third-order valence-electron chi connectivity index (χ3n) is 5.23. The van der Waals surface area contributed by atoms with Gasteiger partial charge in [0.1, 0.15) is 16.1 Å². The van der Waals surface area contributed by atoms with Crippen molar-refractivity contribution in [3.63, 3.8) is 0 Å². The molecule has 0 saturated carbocycles. The first-order chi connectivity index (χ1) is 14.7. The predicted octanol–water partition coefficient (Wildman–Crippen LogP) is 2.61. The highest BCUT2D eigenvalue weighted by atomic mass is 32.2. The van der Waals surface area contributed by atoms with Crippen molar-refractivity contribution in [3.8, 4) is 0 Å². The average molecular weight is 468 g/mol. The van der Waals surface area contributed by atoms with Crippen LogP contribution in [0.5, 0.6) is 0 Å². The summed E-state index contributed by atoms with van der Waals surface area (Å²) in [6, 6.07) is 7.80. The van der Waals surface area contributed by atoms with E-state index in [-0.39, 0.29) is 27.6 Å². The lowest BCUT2D eigenvalue weighted by atomic mass is 9.99. The van der Waals surface area contributed by atoms with Gasteiger partial charge in [-0.15, -0.1) is 11.3 Å². The molecule has 1 aromatic carbocycles. The van der Waals surface area contributed by atoms with E-state index in [9.17, 15) is 22.4 Å². The molecule has 0 spiro atoms. The molecule has 3 rings (SSSR count). The quantitative estimate of drug-likeness (QED) is 0.654. The number of likely N-dealkylation sites (tertiary alicyclic amines) is 1. The zero-order chi connectivity index (χ0) is 22.6. The number of benzene rings is 1. The second-order valence-electron chi connectivity index (χ2n) is 7.83. The fourth-order valence-electron chi connectivity index (χ4n) is 3.49. The predicted molar refractivity (Wildman–Crippen MR) is 117 cm³/mol. The van der Waals surface area contributed by atoms with Crippen LogP contribution in [0.1, 0.15) is 37.0 Å². The number of thiophene rings is 1. The van der Waals surface area contributed by atoms with Crippen molar-refractivity contribution < 1.29 is 22.4 Å². The Bertz CT molecular complexity index is 1020. The van der Waals surface area contributed by atoms with Crippen LogP contribution in [-0.4, -0.2) is 50.3 Å². The van der Waals surface area contributed by atoms with Crippen molar-refractivity contribution in [2.75, 3.05) is 13.1 Å². The van der Waals surface area contributed by atoms with E-state index in [0.717, 1.165) is 11.3 Å². The standard InChI is InChI=1S/C21H26FN3O4S2/c1-14(2)19(23-20(26)16-6-3-4-7-17(16)22)21(27)25-11-9-15(10-12-25)24-31(28,29)18-8-5-13-30-18/h3-8,13-15,19,24H,9-12H2,1-2H3,(H,23,26)/t19-/m0/s1. The van der Waals surface area contributed by atoms with Crippen LogP contribution in [0, 0.1) is 11.7 Å². The minimum absolute atomic E-state index is 0.109. The van der Waals surface area contributed by atoms with Gasteiger partial charge in [-0.25, -0.2) is 17.5 Å². The van der Waals surface area contributed by atoms with Crippen LogP contribution in [0.25, 0.3) is 0 Å². The highest BCUT2D eigenvalue weighted by molar-refractivity contribution is 7.91. The van der Waals surface area contributed by atoms with Crippen LogP contribution < -0.4 is 10.0 Å². The molecular formula is C21H26FN3O4S2. The number of nitrogens with one attached hydrogen (secondary N) is 2. The van der Waals surface area contributed by atoms with E-state index in [4.69, 9.17) is 0 Å². The Kier molecular flexibility index (Phi) is 7.45. The molecule has 7 nitrogen and oxygen atoms in total. The third kappa shape index (κ3) is 5.69. The Morgan fingerprint density at radius 2 is 1.81 bits per heavy atom. The molecule has 1 saturated heterocycles. The molecule has 2 heterocycles. The summed E-state index contributed by atoms with van der Waals surface area (Å²) in [4.78, 5) is 27.2. The molecule has 0 radical (unpaired) electrons. The number of nitrogens with zero attached hydrogens (tertiary/aromatic N) is 1. The molecule has 168 valence electrons. The topological polar surface area (TPSA) is 95.6 Å². The van der Waals surface area contributed by atoms with Crippen molar-refractivity contribution in [1.82, 2.24) is 14.9 Å². The van der Waals surface area contributed by atoms with Crippen molar-refractivity contribution in [1.29, 1.82) is 0 Å². The summed E-state index contributed by atoms with van der Waals surface area (Å²) in [5, 5.41) is 4.36. The van der Waals surface area contributed by atoms with Crippen LogP contribution in [0.3, 0.4) is 0 Å². The second-order valence-corrected chi connectivity index (χ2v) is 10.7. The number of piperidine rings is 1. The van der Waals surface area contributed by atoms with Crippen molar-refractivity contribution in [2.24, 2.45) is 5.92 Å². The third-order valence-corrected chi connectivity index (χ3v) is 8.14. The molecule has 0 unspecified atom stereocenters. The Labute approximate surface area is 185 Å². The van der Waals surface area contributed by atoms with E-state index in [1.165, 1.54) is 18.2 Å². The molecule has 1 aliphatic heterocycles. The maximum Gasteiger partial charge on any atom is 0.254 e. The normalized spacial score (nSPS) is 16.3. The van der Waals surface area contributed by atoms with Crippen molar-refractivity contribution >= 4 is 33.2 Å². The van der Waals surface area contributed by atoms with Crippen LogP contribution in [-0.2, 0) is 14.8 Å². The summed E-state index contributed by atoms with van der Waals surface area (Å²) in [6.45, 7) is 4.36. The van der Waals surface area contributed by atoms with Crippen LogP contribution in [0.15, 0.2) is 46.0 Å². The minimum Gasteiger partial charge on any atom is -0.341 e. The molecule has 2 amide bonds. The van der Waals surface area contributed by atoms with E-state index < -0.39 is 27.8 Å². The molecule has 1 aromatic heterocycles. The smallest absolute Gasteiger partial charge is 0.254 e. The number of amides is 2. The van der Waals surface area contributed by atoms with E-state index in [1.807, 2.05) is 13.8 Å². The van der Waals surface area contributed by atoms with Gasteiger partial charge in [-0.2, -0.15) is 0 Å². The fraction of sp³-hybridized carbons (Fsp3) is 0.429. The SMILES string of the molecule is CC(C)[C@H](NC(=O)c1ccccc1F)C(=O)N1CCC(NS(=O)(=O)c2cccs2)CC1. The number of halogens is 1. The molecule has 1 atom stereocenters. The van der Waals surface area contributed by atoms with E-state index in [2.05, 4.69) is 10.0 Å². The van der Waals surface area contributed by atoms with Gasteiger partial charge in [-0.05, 0) is 42.3 Å². The first-order valence-electron chi connectivity index (χ1n) is 10.1. The Morgan fingerprint density at radius 1 is 1.13 bits per heavy atom. The van der Waals surface area contributed by atoms with Gasteiger partial charge in [0.25, 0.3) is 5.91 Å². The highest BCUT2D eigenvalue weighted by Crippen LogP contribution is 2.20. The van der Waals surface area contributed by atoms with Gasteiger partial charge >= 0.3 is 0 Å². The molecular weight excluding hydrogens is 441 g/mol. The van der Waals surface area contributed by atoms with E-state index in [0.29, 0.717) is 25.9 Å². The summed E-state index contributed by atoms with van der Waals surface area (Å²) >= 11 is 1.15. The van der Waals surface area contributed by atoms with Crippen molar-refractivity contribution in [3.05, 3.63) is 53.2 Å². The van der Waals surface area contributed by atoms with Gasteiger partial charge in [0.15, 0.2) is 0 Å². The molecule has 1 aliphatic rings. The summed E-state index contributed by atoms with van der Waals surface area (Å²) in [5.74, 6) is -1.73. The van der Waals surface area contributed by atoms with Gasteiger partial charge in [0, 0.05) is 19.1 Å². The minimum atomic E-state index is -3.56. The van der Waals surface area contributed by atoms with Gasteiger partial charge < -0.3 is 10.2 Å². The second kappa shape index (κ2) is 9.88. The van der Waals surface area contributed by atoms with Gasteiger partial charge in [0.05, 0.1) is 5.56 Å². The molecule has 0 aliphatic carbocycles. The zero-order valence-corrected chi connectivity index (χ0v) is 19.0. The maximum absolute atomic E-state index is 13.9. The van der Waals surface area contributed by atoms with Crippen LogP contribution >= 0.6 is 11.3 Å². The van der Waals surface area contributed by atoms with E-state index >= 15 is 0 Å². The van der Waals surface area contributed by atoms with E-state index in [1.54, 1.807) is 28.5 Å². The number of carbonyl (C=O) groups excluding carboxylic acids is 2. The van der Waals surface area contributed by atoms with Crippen molar-refractivity contribution in [2.45, 2.75) is 43.0 Å². The first-order valence-corrected chi connectivity index (χ1v) is 12.5. The number of hydrogen-bond acceptors (Lipinski definition) is 5. The number of carbonyl (C=O) groups is 2. The monoisotopic (exact) mass is 467 g/mol. The van der Waals surface area contributed by atoms with Crippen LogP contribution in [0.4, 0.5) is 4.39 Å².